The fraction of sp³-hybridized carbons (Fsp3) is 1.00. The molecule has 0 saturated carbocycles. The molecule has 0 rings (SSSR count). The molecule has 0 aromatic heterocycles. The summed E-state index contributed by atoms with van der Waals surface area (Å²) in [6.45, 7) is 13.6. The van der Waals surface area contributed by atoms with Crippen LogP contribution in [-0.4, -0.2) is 0 Å². The highest BCUT2D eigenvalue weighted by Crippen LogP contribution is 2.36. The molecule has 0 amide bonds. The average Bonchev–Trinajstić information content (AvgIpc) is 1.66. The van der Waals surface area contributed by atoms with E-state index in [0.29, 0.717) is 10.8 Å². The summed E-state index contributed by atoms with van der Waals surface area (Å²) < 4.78 is 0. The van der Waals surface area contributed by atoms with Crippen molar-refractivity contribution in [2.24, 2.45) is 22.5 Å². The maximum Gasteiger partial charge on any atom is -0.0334 e. The molecule has 0 aromatic rings. The van der Waals surface area contributed by atoms with Gasteiger partial charge in [0, 0.05) is 0 Å². The molecule has 0 unspecified atom stereocenters. The van der Waals surface area contributed by atoms with E-state index in [0.717, 1.165) is 0 Å². The van der Waals surface area contributed by atoms with Crippen molar-refractivity contribution in [3.63, 3.8) is 0 Å². The topological polar surface area (TPSA) is 52.0 Å². The molecule has 0 heterocycles. The van der Waals surface area contributed by atoms with E-state index in [2.05, 4.69) is 53.2 Å². The van der Waals surface area contributed by atoms with Crippen molar-refractivity contribution in [2.45, 2.75) is 41.5 Å². The van der Waals surface area contributed by atoms with E-state index in [-0.39, 0.29) is 24.8 Å². The zero-order valence-electron chi connectivity index (χ0n) is 8.97. The van der Waals surface area contributed by atoms with Crippen molar-refractivity contribution in [1.29, 1.82) is 0 Å². The van der Waals surface area contributed by atoms with E-state index in [4.69, 9.17) is 0 Å². The first-order valence-electron chi connectivity index (χ1n) is 3.58. The highest BCUT2D eigenvalue weighted by atomic mass is 35.5. The second kappa shape index (κ2) is 8.11. The van der Waals surface area contributed by atoms with Gasteiger partial charge in [0.05, 0.1) is 0 Å². The molecular formula is C8H24Cl2N2. The van der Waals surface area contributed by atoms with Crippen LogP contribution in [0.5, 0.6) is 0 Å². The van der Waals surface area contributed by atoms with Crippen molar-refractivity contribution in [3.05, 3.63) is 0 Å². The fourth-order valence-corrected chi connectivity index (χ4v) is 0. The van der Waals surface area contributed by atoms with Crippen LogP contribution >= 0.6 is 24.8 Å². The zero-order chi connectivity index (χ0) is 9.00. The molecule has 4 N–H and O–H groups in total. The quantitative estimate of drug-likeness (QED) is 0.486. The van der Waals surface area contributed by atoms with Crippen LogP contribution in [0.4, 0.5) is 0 Å². The summed E-state index contributed by atoms with van der Waals surface area (Å²) >= 11 is 0. The van der Waals surface area contributed by atoms with Crippen molar-refractivity contribution < 1.29 is 0 Å². The Balaban J connectivity index is -0.0000000740. The highest BCUT2D eigenvalue weighted by molar-refractivity contribution is 5.85. The second-order valence-electron chi connectivity index (χ2n) is 4.50. The monoisotopic (exact) mass is 218 g/mol. The summed E-state index contributed by atoms with van der Waals surface area (Å²) in [5.41, 5.74) is 0.875. The van der Waals surface area contributed by atoms with E-state index in [1.54, 1.807) is 0 Å². The Morgan fingerprint density at radius 2 is 0.667 bits per heavy atom. The average molecular weight is 219 g/mol. The van der Waals surface area contributed by atoms with Gasteiger partial charge in [-0.1, -0.05) is 41.5 Å². The third-order valence-electron chi connectivity index (χ3n) is 2.25. The van der Waals surface area contributed by atoms with Crippen LogP contribution in [0, 0.1) is 10.8 Å². The van der Waals surface area contributed by atoms with E-state index >= 15 is 0 Å². The zero-order valence-corrected chi connectivity index (χ0v) is 10.6. The highest BCUT2D eigenvalue weighted by Gasteiger charge is 2.26. The van der Waals surface area contributed by atoms with Gasteiger partial charge in [0.1, 0.15) is 0 Å². The van der Waals surface area contributed by atoms with Crippen LogP contribution in [0.15, 0.2) is 0 Å². The molecule has 80 valence electrons. The van der Waals surface area contributed by atoms with Crippen LogP contribution in [0.1, 0.15) is 41.5 Å². The van der Waals surface area contributed by atoms with Crippen LogP contribution in [0.3, 0.4) is 0 Å². The Kier molecular flexibility index (Phi) is 15.5. The van der Waals surface area contributed by atoms with Crippen LogP contribution in [0.2, 0.25) is 0 Å². The summed E-state index contributed by atoms with van der Waals surface area (Å²) in [5, 5.41) is 0. The van der Waals surface area contributed by atoms with E-state index in [1.807, 2.05) is 0 Å². The molecule has 0 saturated heterocycles. The molecule has 0 aliphatic carbocycles. The normalized spacial score (nSPS) is 10.0. The lowest BCUT2D eigenvalue weighted by atomic mass is 9.71. The lowest BCUT2D eigenvalue weighted by Gasteiger charge is -2.34. The van der Waals surface area contributed by atoms with Gasteiger partial charge in [0.2, 0.25) is 0 Å². The summed E-state index contributed by atoms with van der Waals surface area (Å²) in [6, 6.07) is 0. The lowest BCUT2D eigenvalue weighted by molar-refractivity contribution is 0.157. The Bertz CT molecular complexity index is 70.0. The first-order valence-corrected chi connectivity index (χ1v) is 3.58. The summed E-state index contributed by atoms with van der Waals surface area (Å²) in [4.78, 5) is 0. The maximum absolute atomic E-state index is 4.00. The largest absolute Gasteiger partial charge is 0.274 e. The third kappa shape index (κ3) is 10.5. The van der Waals surface area contributed by atoms with Gasteiger partial charge in [-0.3, -0.25) is 11.7 Å². The standard InChI is InChI=1S/C8H18.2ClH.H4N2/c1-7(2,3)8(4,5)6;;;1-2/h1-6H3;2*1H;1-2H2. The Morgan fingerprint density at radius 3 is 0.667 bits per heavy atom. The second-order valence-corrected chi connectivity index (χ2v) is 4.50. The molecule has 0 bridgehead atoms. The minimum absolute atomic E-state index is 0. The lowest BCUT2D eigenvalue weighted by Crippen LogP contribution is -2.25. The SMILES string of the molecule is CC(C)(C)C(C)(C)C.Cl.Cl.NN. The summed E-state index contributed by atoms with van der Waals surface area (Å²) in [7, 11) is 0. The number of hydrazine groups is 1. The molecule has 4 heteroatoms. The van der Waals surface area contributed by atoms with Gasteiger partial charge in [-0.05, 0) is 10.8 Å². The molecule has 0 aromatic carbocycles. The fourth-order valence-electron chi connectivity index (χ4n) is 0. The van der Waals surface area contributed by atoms with Crippen molar-refractivity contribution in [3.8, 4) is 0 Å². The third-order valence-corrected chi connectivity index (χ3v) is 2.25. The molecule has 0 radical (unpaired) electrons. The van der Waals surface area contributed by atoms with Gasteiger partial charge in [0.15, 0.2) is 0 Å². The predicted octanol–water partition coefficient (Wildman–Crippen LogP) is 2.74. The van der Waals surface area contributed by atoms with Gasteiger partial charge in [-0.2, -0.15) is 0 Å². The first-order chi connectivity index (χ1) is 4.25. The molecular weight excluding hydrogens is 195 g/mol. The van der Waals surface area contributed by atoms with Gasteiger partial charge in [-0.15, -0.1) is 24.8 Å². The van der Waals surface area contributed by atoms with Gasteiger partial charge < -0.3 is 0 Å². The van der Waals surface area contributed by atoms with Crippen LogP contribution in [-0.2, 0) is 0 Å². The molecule has 0 spiro atoms. The smallest absolute Gasteiger partial charge is 0.0334 e. The molecule has 12 heavy (non-hydrogen) atoms. The summed E-state index contributed by atoms with van der Waals surface area (Å²) in [6.07, 6.45) is 0. The Morgan fingerprint density at radius 1 is 0.583 bits per heavy atom. The van der Waals surface area contributed by atoms with E-state index in [9.17, 15) is 0 Å². The number of nitrogens with two attached hydrogens (primary N) is 2. The minimum Gasteiger partial charge on any atom is -0.274 e. The van der Waals surface area contributed by atoms with Gasteiger partial charge >= 0.3 is 0 Å². The van der Waals surface area contributed by atoms with Crippen LogP contribution < -0.4 is 11.7 Å². The van der Waals surface area contributed by atoms with Crippen LogP contribution in [0.25, 0.3) is 0 Å². The Labute approximate surface area is 89.3 Å². The van der Waals surface area contributed by atoms with Gasteiger partial charge in [0.25, 0.3) is 0 Å². The van der Waals surface area contributed by atoms with E-state index < -0.39 is 0 Å². The number of hydrogen-bond acceptors (Lipinski definition) is 2. The maximum atomic E-state index is 4.00. The molecule has 0 atom stereocenters. The molecule has 0 aliphatic rings. The molecule has 0 aliphatic heterocycles. The Hall–Kier alpha value is 0.500. The van der Waals surface area contributed by atoms with Crippen molar-refractivity contribution in [2.75, 3.05) is 0 Å². The van der Waals surface area contributed by atoms with Crippen molar-refractivity contribution >= 4 is 24.8 Å². The van der Waals surface area contributed by atoms with Gasteiger partial charge in [-0.25, -0.2) is 0 Å². The molecule has 0 fully saturated rings. The number of rotatable bonds is 0. The predicted molar refractivity (Wildman–Crippen MR) is 61.8 cm³/mol. The molecule has 2 nitrogen and oxygen atoms in total. The number of halogens is 2. The van der Waals surface area contributed by atoms with E-state index in [1.165, 1.54) is 0 Å². The number of hydrogen-bond donors (Lipinski definition) is 2. The summed E-state index contributed by atoms with van der Waals surface area (Å²) in [5.74, 6) is 8.00. The first kappa shape index (κ1) is 22.9. The minimum atomic E-state index is 0. The van der Waals surface area contributed by atoms with Crippen molar-refractivity contribution in [1.82, 2.24) is 0 Å².